The molecular weight excluding hydrogens is 184 g/mol. The Morgan fingerprint density at radius 1 is 1.00 bits per heavy atom. The molecule has 4 rings (SSSR count). The van der Waals surface area contributed by atoms with Gasteiger partial charge in [0.25, 0.3) is 0 Å². The topological polar surface area (TPSA) is 9.23 Å². The van der Waals surface area contributed by atoms with Gasteiger partial charge in [-0.2, -0.15) is 0 Å². The van der Waals surface area contributed by atoms with Crippen LogP contribution in [0.25, 0.3) is 11.1 Å². The average molecular weight is 196 g/mol. The Balaban J connectivity index is 2.03. The Kier molecular flexibility index (Phi) is 1.78. The minimum absolute atomic E-state index is 0.971. The molecule has 0 atom stereocenters. The zero-order valence-electron chi connectivity index (χ0n) is 8.66. The first kappa shape index (κ1) is 8.54. The van der Waals surface area contributed by atoms with Crippen molar-refractivity contribution in [1.82, 2.24) is 0 Å². The summed E-state index contributed by atoms with van der Waals surface area (Å²) in [6.07, 6.45) is 1.09. The second-order valence-corrected chi connectivity index (χ2v) is 3.81. The van der Waals surface area contributed by atoms with Crippen LogP contribution in [0.5, 0.6) is 11.5 Å². The van der Waals surface area contributed by atoms with E-state index < -0.39 is 0 Å². The summed E-state index contributed by atoms with van der Waals surface area (Å²) in [7, 11) is 0. The molecule has 0 unspecified atom stereocenters. The SMILES string of the molecule is CCc1ccc(-c2ccc3cc2O3)cc1. The largest absolute Gasteiger partial charge is 0.456 e. The zero-order chi connectivity index (χ0) is 10.3. The molecule has 2 heterocycles. The summed E-state index contributed by atoms with van der Waals surface area (Å²) in [5.74, 6) is 1.97. The van der Waals surface area contributed by atoms with E-state index in [2.05, 4.69) is 43.3 Å². The van der Waals surface area contributed by atoms with Crippen LogP contribution in [-0.2, 0) is 6.42 Å². The Hall–Kier alpha value is -1.76. The molecule has 0 saturated heterocycles. The molecule has 0 radical (unpaired) electrons. The number of benzene rings is 2. The van der Waals surface area contributed by atoms with E-state index in [1.54, 1.807) is 0 Å². The molecule has 2 aromatic carbocycles. The molecule has 2 aliphatic rings. The predicted molar refractivity (Wildman–Crippen MR) is 61.3 cm³/mol. The first-order valence-corrected chi connectivity index (χ1v) is 5.28. The summed E-state index contributed by atoms with van der Waals surface area (Å²) in [4.78, 5) is 0. The van der Waals surface area contributed by atoms with Gasteiger partial charge in [-0.25, -0.2) is 0 Å². The molecule has 0 aliphatic carbocycles. The third kappa shape index (κ3) is 1.32. The molecule has 0 saturated carbocycles. The maximum Gasteiger partial charge on any atom is 0.138 e. The lowest BCUT2D eigenvalue weighted by molar-refractivity contribution is 0.440. The van der Waals surface area contributed by atoms with Crippen molar-refractivity contribution in [2.45, 2.75) is 13.3 Å². The van der Waals surface area contributed by atoms with Gasteiger partial charge in [0.05, 0.1) is 0 Å². The van der Waals surface area contributed by atoms with E-state index in [0.717, 1.165) is 17.9 Å². The molecule has 0 aromatic heterocycles. The lowest BCUT2D eigenvalue weighted by atomic mass is 10.0. The molecule has 2 aliphatic heterocycles. The quantitative estimate of drug-likeness (QED) is 0.601. The average Bonchev–Trinajstić information content (AvgIpc) is 2.28. The Labute approximate surface area is 89.3 Å². The van der Waals surface area contributed by atoms with E-state index in [1.165, 1.54) is 16.7 Å². The van der Waals surface area contributed by atoms with Crippen LogP contribution in [0.15, 0.2) is 42.5 Å². The van der Waals surface area contributed by atoms with Crippen molar-refractivity contribution in [2.75, 3.05) is 0 Å². The van der Waals surface area contributed by atoms with Crippen LogP contribution in [0.4, 0.5) is 0 Å². The standard InChI is InChI=1S/C14H12O/c1-2-10-3-5-11(6-4-10)13-8-7-12-9-14(13)15-12/h3-9H,2H2,1H3. The van der Waals surface area contributed by atoms with Crippen molar-refractivity contribution in [3.8, 4) is 22.6 Å². The van der Waals surface area contributed by atoms with Crippen LogP contribution in [-0.4, -0.2) is 0 Å². The zero-order valence-corrected chi connectivity index (χ0v) is 8.66. The van der Waals surface area contributed by atoms with Crippen LogP contribution < -0.4 is 4.74 Å². The summed E-state index contributed by atoms with van der Waals surface area (Å²) in [6, 6.07) is 14.9. The Bertz CT molecular complexity index is 493. The van der Waals surface area contributed by atoms with Crippen molar-refractivity contribution in [2.24, 2.45) is 0 Å². The second-order valence-electron chi connectivity index (χ2n) is 3.81. The first-order chi connectivity index (χ1) is 7.36. The number of hydrogen-bond acceptors (Lipinski definition) is 1. The Morgan fingerprint density at radius 2 is 1.73 bits per heavy atom. The van der Waals surface area contributed by atoms with Crippen molar-refractivity contribution in [3.63, 3.8) is 0 Å². The van der Waals surface area contributed by atoms with E-state index in [-0.39, 0.29) is 0 Å². The number of hydrogen-bond donors (Lipinski definition) is 0. The molecule has 2 aromatic rings. The minimum Gasteiger partial charge on any atom is -0.456 e. The molecule has 0 N–H and O–H groups in total. The highest BCUT2D eigenvalue weighted by Crippen LogP contribution is 2.43. The van der Waals surface area contributed by atoms with Gasteiger partial charge in [-0.15, -0.1) is 0 Å². The van der Waals surface area contributed by atoms with Gasteiger partial charge in [0.15, 0.2) is 0 Å². The number of fused-ring (bicyclic) bond motifs is 2. The maximum absolute atomic E-state index is 5.45. The Morgan fingerprint density at radius 3 is 2.27 bits per heavy atom. The van der Waals surface area contributed by atoms with Crippen molar-refractivity contribution < 1.29 is 4.74 Å². The number of ether oxygens (including phenoxy) is 1. The summed E-state index contributed by atoms with van der Waals surface area (Å²) >= 11 is 0. The monoisotopic (exact) mass is 196 g/mol. The molecule has 0 amide bonds. The highest BCUT2D eigenvalue weighted by molar-refractivity contribution is 5.75. The lowest BCUT2D eigenvalue weighted by Crippen LogP contribution is -1.96. The van der Waals surface area contributed by atoms with Gasteiger partial charge in [-0.1, -0.05) is 31.2 Å². The third-order valence-electron chi connectivity index (χ3n) is 2.85. The smallest absolute Gasteiger partial charge is 0.138 e. The van der Waals surface area contributed by atoms with E-state index in [4.69, 9.17) is 4.74 Å². The van der Waals surface area contributed by atoms with Gasteiger partial charge in [0.1, 0.15) is 11.5 Å². The molecule has 0 spiro atoms. The molecule has 0 fully saturated rings. The van der Waals surface area contributed by atoms with Crippen molar-refractivity contribution >= 4 is 0 Å². The minimum atomic E-state index is 0.971. The van der Waals surface area contributed by atoms with Crippen LogP contribution in [0.1, 0.15) is 12.5 Å². The van der Waals surface area contributed by atoms with E-state index >= 15 is 0 Å². The molecule has 1 nitrogen and oxygen atoms in total. The van der Waals surface area contributed by atoms with Gasteiger partial charge < -0.3 is 4.74 Å². The summed E-state index contributed by atoms with van der Waals surface area (Å²) in [5, 5.41) is 0. The van der Waals surface area contributed by atoms with Gasteiger partial charge >= 0.3 is 0 Å². The summed E-state index contributed by atoms with van der Waals surface area (Å²) in [6.45, 7) is 2.17. The molecule has 2 bridgehead atoms. The van der Waals surface area contributed by atoms with E-state index in [0.29, 0.717) is 0 Å². The second kappa shape index (κ2) is 3.13. The number of rotatable bonds is 2. The highest BCUT2D eigenvalue weighted by Gasteiger charge is 2.16. The van der Waals surface area contributed by atoms with Gasteiger partial charge in [0, 0.05) is 11.6 Å². The van der Waals surface area contributed by atoms with Crippen LogP contribution >= 0.6 is 0 Å². The lowest BCUT2D eigenvalue weighted by Gasteiger charge is -2.20. The van der Waals surface area contributed by atoms with Gasteiger partial charge in [-0.05, 0) is 29.7 Å². The fourth-order valence-corrected chi connectivity index (χ4v) is 1.88. The fraction of sp³-hybridized carbons (Fsp3) is 0.143. The normalized spacial score (nSPS) is 11.8. The fourth-order valence-electron chi connectivity index (χ4n) is 1.88. The van der Waals surface area contributed by atoms with Gasteiger partial charge in [0.2, 0.25) is 0 Å². The van der Waals surface area contributed by atoms with Crippen molar-refractivity contribution in [3.05, 3.63) is 48.0 Å². The predicted octanol–water partition coefficient (Wildman–Crippen LogP) is 4.02. The molecular formula is C14H12O. The van der Waals surface area contributed by atoms with Crippen LogP contribution in [0.2, 0.25) is 0 Å². The van der Waals surface area contributed by atoms with E-state index in [9.17, 15) is 0 Å². The maximum atomic E-state index is 5.45. The van der Waals surface area contributed by atoms with Crippen LogP contribution in [0.3, 0.4) is 0 Å². The third-order valence-corrected chi connectivity index (χ3v) is 2.85. The van der Waals surface area contributed by atoms with Gasteiger partial charge in [-0.3, -0.25) is 0 Å². The highest BCUT2D eigenvalue weighted by atomic mass is 16.5. The van der Waals surface area contributed by atoms with Crippen molar-refractivity contribution in [1.29, 1.82) is 0 Å². The van der Waals surface area contributed by atoms with Crippen LogP contribution in [0, 0.1) is 0 Å². The first-order valence-electron chi connectivity index (χ1n) is 5.28. The molecule has 74 valence electrons. The molecule has 15 heavy (non-hydrogen) atoms. The number of aryl methyl sites for hydroxylation is 1. The summed E-state index contributed by atoms with van der Waals surface area (Å²) < 4.78 is 5.45. The van der Waals surface area contributed by atoms with E-state index in [1.807, 2.05) is 6.07 Å². The summed E-state index contributed by atoms with van der Waals surface area (Å²) in [5.41, 5.74) is 3.79. The molecule has 1 heteroatoms.